The summed E-state index contributed by atoms with van der Waals surface area (Å²) in [6, 6.07) is 72.3. The van der Waals surface area contributed by atoms with Crippen molar-refractivity contribution in [2.45, 2.75) is 19.3 Å². The van der Waals surface area contributed by atoms with Crippen LogP contribution in [0.2, 0.25) is 0 Å². The molecule has 2 nitrogen and oxygen atoms in total. The Morgan fingerprint density at radius 1 is 0.322 bits per heavy atom. The zero-order valence-electron chi connectivity index (χ0n) is 32.9. The number of hydrogen-bond donors (Lipinski definition) is 0. The Balaban J connectivity index is 1.02. The minimum atomic E-state index is -0.139. The van der Waals surface area contributed by atoms with Crippen molar-refractivity contribution in [2.24, 2.45) is 0 Å². The maximum atomic E-state index is 2.51. The van der Waals surface area contributed by atoms with Crippen molar-refractivity contribution in [3.8, 4) is 33.6 Å². The molecule has 0 spiro atoms. The zero-order chi connectivity index (χ0) is 39.0. The molecule has 2 heteroatoms. The van der Waals surface area contributed by atoms with Crippen molar-refractivity contribution >= 4 is 75.9 Å². The molecule has 0 saturated heterocycles. The van der Waals surface area contributed by atoms with Crippen LogP contribution in [0.3, 0.4) is 0 Å². The van der Waals surface area contributed by atoms with Gasteiger partial charge in [-0.15, -0.1) is 0 Å². The molecule has 0 unspecified atom stereocenters. The van der Waals surface area contributed by atoms with Crippen LogP contribution in [0.1, 0.15) is 25.0 Å². The second kappa shape index (κ2) is 11.8. The average molecular weight is 751 g/mol. The van der Waals surface area contributed by atoms with Crippen LogP contribution in [0.15, 0.2) is 194 Å². The number of fused-ring (bicyclic) bond motifs is 16. The van der Waals surface area contributed by atoms with Crippen LogP contribution in [0.25, 0.3) is 110 Å². The largest absolute Gasteiger partial charge is 0.309 e. The summed E-state index contributed by atoms with van der Waals surface area (Å²) >= 11 is 0. The first-order valence-electron chi connectivity index (χ1n) is 20.7. The van der Waals surface area contributed by atoms with Gasteiger partial charge in [0.2, 0.25) is 0 Å². The highest BCUT2D eigenvalue weighted by molar-refractivity contribution is 6.26. The second-order valence-electron chi connectivity index (χ2n) is 16.9. The number of nitrogens with zero attached hydrogens (tertiary/aromatic N) is 2. The molecule has 2 aromatic heterocycles. The van der Waals surface area contributed by atoms with Crippen molar-refractivity contribution in [2.75, 3.05) is 0 Å². The fourth-order valence-corrected chi connectivity index (χ4v) is 10.9. The maximum absolute atomic E-state index is 2.51. The van der Waals surface area contributed by atoms with Crippen LogP contribution in [-0.4, -0.2) is 9.13 Å². The van der Waals surface area contributed by atoms with Gasteiger partial charge < -0.3 is 9.13 Å². The summed E-state index contributed by atoms with van der Waals surface area (Å²) in [7, 11) is 0. The number of para-hydroxylation sites is 2. The van der Waals surface area contributed by atoms with Gasteiger partial charge in [0.1, 0.15) is 0 Å². The van der Waals surface area contributed by atoms with Crippen LogP contribution in [0.4, 0.5) is 0 Å². The lowest BCUT2D eigenvalue weighted by Gasteiger charge is -2.23. The topological polar surface area (TPSA) is 9.86 Å². The van der Waals surface area contributed by atoms with Gasteiger partial charge >= 0.3 is 0 Å². The third-order valence-electron chi connectivity index (χ3n) is 13.5. The predicted molar refractivity (Wildman–Crippen MR) is 251 cm³/mol. The van der Waals surface area contributed by atoms with Crippen molar-refractivity contribution in [1.29, 1.82) is 0 Å². The standard InChI is InChI=1S/C57H38N2/c1-57(2)51-22-12-10-20-44(51)46-28-29-47-50-33-36(25-31-54(50)59(56(47)55(46)57)37-14-4-3-5-15-37)35-24-30-53-49(32-35)45-21-11-13-23-52(45)58(53)38-26-27-43-41-18-7-6-16-39(41)40-17-8-9-19-42(40)48(43)34-38/h3-34H,1-2H3. The lowest BCUT2D eigenvalue weighted by atomic mass is 9.81. The molecule has 1 aliphatic carbocycles. The van der Waals surface area contributed by atoms with E-state index in [1.807, 2.05) is 0 Å². The molecule has 0 atom stereocenters. The van der Waals surface area contributed by atoms with E-state index < -0.39 is 0 Å². The Kier molecular flexibility index (Phi) is 6.54. The molecule has 0 N–H and O–H groups in total. The molecule has 0 radical (unpaired) electrons. The molecular formula is C57H38N2. The summed E-state index contributed by atoms with van der Waals surface area (Å²) in [6.45, 7) is 4.78. The normalized spacial score (nSPS) is 13.4. The van der Waals surface area contributed by atoms with Crippen LogP contribution < -0.4 is 0 Å². The Hall–Kier alpha value is -7.42. The van der Waals surface area contributed by atoms with E-state index in [0.29, 0.717) is 0 Å². The molecule has 0 saturated carbocycles. The number of benzene rings is 10. The lowest BCUT2D eigenvalue weighted by Crippen LogP contribution is -2.16. The summed E-state index contributed by atoms with van der Waals surface area (Å²) in [4.78, 5) is 0. The fraction of sp³-hybridized carbons (Fsp3) is 0.0526. The number of rotatable bonds is 3. The van der Waals surface area contributed by atoms with Crippen LogP contribution >= 0.6 is 0 Å². The van der Waals surface area contributed by atoms with Gasteiger partial charge in [0.25, 0.3) is 0 Å². The molecule has 0 fully saturated rings. The van der Waals surface area contributed by atoms with Crippen molar-refractivity contribution in [3.63, 3.8) is 0 Å². The maximum Gasteiger partial charge on any atom is 0.0588 e. The van der Waals surface area contributed by atoms with Gasteiger partial charge in [-0.3, -0.25) is 0 Å². The van der Waals surface area contributed by atoms with Gasteiger partial charge in [-0.05, 0) is 120 Å². The Bertz CT molecular complexity index is 3710. The first-order chi connectivity index (χ1) is 29.0. The fourth-order valence-electron chi connectivity index (χ4n) is 10.9. The summed E-state index contributed by atoms with van der Waals surface area (Å²) in [6.07, 6.45) is 0. The van der Waals surface area contributed by atoms with E-state index in [0.717, 1.165) is 0 Å². The molecule has 0 amide bonds. The van der Waals surface area contributed by atoms with E-state index in [9.17, 15) is 0 Å². The van der Waals surface area contributed by atoms with Crippen LogP contribution in [0.5, 0.6) is 0 Å². The summed E-state index contributed by atoms with van der Waals surface area (Å²) in [5.74, 6) is 0. The first kappa shape index (κ1) is 32.6. The molecule has 13 rings (SSSR count). The Morgan fingerprint density at radius 2 is 0.847 bits per heavy atom. The predicted octanol–water partition coefficient (Wildman–Crippen LogP) is 15.3. The molecular weight excluding hydrogens is 713 g/mol. The SMILES string of the molecule is CC1(C)c2ccccc2-c2ccc3c4cc(-c5ccc6c(c5)c5ccccc5n6-c5ccc6c7ccccc7c7ccccc7c6c5)ccc4n(-c4ccccc4)c3c21. The highest BCUT2D eigenvalue weighted by Crippen LogP contribution is 2.53. The Labute approximate surface area is 341 Å². The van der Waals surface area contributed by atoms with E-state index in [4.69, 9.17) is 0 Å². The molecule has 1 aliphatic rings. The molecule has 59 heavy (non-hydrogen) atoms. The molecule has 12 aromatic rings. The molecule has 0 aliphatic heterocycles. The zero-order valence-corrected chi connectivity index (χ0v) is 32.9. The third-order valence-corrected chi connectivity index (χ3v) is 13.5. The lowest BCUT2D eigenvalue weighted by molar-refractivity contribution is 0.664. The highest BCUT2D eigenvalue weighted by atomic mass is 15.0. The van der Waals surface area contributed by atoms with Crippen molar-refractivity contribution < 1.29 is 0 Å². The van der Waals surface area contributed by atoms with Crippen molar-refractivity contribution in [3.05, 3.63) is 205 Å². The van der Waals surface area contributed by atoms with Gasteiger partial charge in [-0.2, -0.15) is 0 Å². The van der Waals surface area contributed by atoms with Gasteiger partial charge in [0.05, 0.1) is 22.1 Å². The minimum absolute atomic E-state index is 0.139. The summed E-state index contributed by atoms with van der Waals surface area (Å²) in [5, 5.41) is 12.8. The van der Waals surface area contributed by atoms with Gasteiger partial charge in [0.15, 0.2) is 0 Å². The third kappa shape index (κ3) is 4.41. The minimum Gasteiger partial charge on any atom is -0.309 e. The average Bonchev–Trinajstić information content (AvgIpc) is 3.89. The Morgan fingerprint density at radius 3 is 1.56 bits per heavy atom. The number of hydrogen-bond acceptors (Lipinski definition) is 0. The second-order valence-corrected chi connectivity index (χ2v) is 16.9. The van der Waals surface area contributed by atoms with Crippen LogP contribution in [0, 0.1) is 0 Å². The quantitative estimate of drug-likeness (QED) is 0.159. The van der Waals surface area contributed by atoms with Gasteiger partial charge in [0, 0.05) is 38.3 Å². The smallest absolute Gasteiger partial charge is 0.0588 e. The van der Waals surface area contributed by atoms with E-state index in [2.05, 4.69) is 217 Å². The van der Waals surface area contributed by atoms with E-state index in [-0.39, 0.29) is 5.41 Å². The summed E-state index contributed by atoms with van der Waals surface area (Å²) in [5.41, 5.74) is 15.1. The van der Waals surface area contributed by atoms with E-state index in [1.165, 1.54) is 121 Å². The molecule has 10 aromatic carbocycles. The number of aromatic nitrogens is 2. The monoisotopic (exact) mass is 750 g/mol. The molecule has 0 bridgehead atoms. The highest BCUT2D eigenvalue weighted by Gasteiger charge is 2.38. The summed E-state index contributed by atoms with van der Waals surface area (Å²) < 4.78 is 4.96. The molecule has 276 valence electrons. The molecule has 2 heterocycles. The van der Waals surface area contributed by atoms with Gasteiger partial charge in [-0.25, -0.2) is 0 Å². The van der Waals surface area contributed by atoms with Gasteiger partial charge in [-0.1, -0.05) is 153 Å². The van der Waals surface area contributed by atoms with Crippen molar-refractivity contribution in [1.82, 2.24) is 9.13 Å². The first-order valence-corrected chi connectivity index (χ1v) is 20.7. The van der Waals surface area contributed by atoms with Crippen LogP contribution in [-0.2, 0) is 5.41 Å². The van der Waals surface area contributed by atoms with E-state index >= 15 is 0 Å². The van der Waals surface area contributed by atoms with E-state index in [1.54, 1.807) is 0 Å².